The van der Waals surface area contributed by atoms with Crippen LogP contribution in [0, 0.1) is 12.3 Å². The molecule has 4 fully saturated rings. The maximum Gasteiger partial charge on any atom is 0.254 e. The zero-order chi connectivity index (χ0) is 24.5. The molecule has 0 unspecified atom stereocenters. The largest absolute Gasteiger partial charge is 0.377 e. The highest BCUT2D eigenvalue weighted by molar-refractivity contribution is 7.89. The van der Waals surface area contributed by atoms with Crippen LogP contribution in [0.3, 0.4) is 0 Å². The highest BCUT2D eigenvalue weighted by atomic mass is 32.2. The molecule has 1 spiro atoms. The molecule has 1 N–H and O–H groups in total. The zero-order valence-electron chi connectivity index (χ0n) is 19.8. The summed E-state index contributed by atoms with van der Waals surface area (Å²) in [5.74, 6) is -2.65. The van der Waals surface area contributed by atoms with Crippen molar-refractivity contribution in [2.75, 3.05) is 24.7 Å². The molecule has 4 aliphatic rings. The lowest BCUT2D eigenvalue weighted by atomic mass is 9.76. The van der Waals surface area contributed by atoms with Crippen molar-refractivity contribution in [2.24, 2.45) is 5.41 Å². The van der Waals surface area contributed by atoms with Crippen LogP contribution in [0.25, 0.3) is 0 Å². The number of alkyl halides is 2. The summed E-state index contributed by atoms with van der Waals surface area (Å²) in [6.07, 6.45) is 1.35. The van der Waals surface area contributed by atoms with E-state index in [1.165, 1.54) is 4.31 Å². The van der Waals surface area contributed by atoms with Gasteiger partial charge in [0.1, 0.15) is 16.8 Å². The van der Waals surface area contributed by atoms with Crippen molar-refractivity contribution in [2.45, 2.75) is 87.9 Å². The van der Waals surface area contributed by atoms with Gasteiger partial charge in [0, 0.05) is 30.1 Å². The zero-order valence-corrected chi connectivity index (χ0v) is 20.6. The van der Waals surface area contributed by atoms with E-state index in [9.17, 15) is 22.0 Å². The van der Waals surface area contributed by atoms with Crippen molar-refractivity contribution < 1.29 is 26.7 Å². The quantitative estimate of drug-likeness (QED) is 0.671. The summed E-state index contributed by atoms with van der Waals surface area (Å²) in [5, 5.41) is 2.83. The number of sulfonamides is 1. The van der Waals surface area contributed by atoms with E-state index in [2.05, 4.69) is 10.3 Å². The minimum Gasteiger partial charge on any atom is -0.377 e. The third-order valence-corrected chi connectivity index (χ3v) is 9.74. The van der Waals surface area contributed by atoms with E-state index in [0.717, 1.165) is 0 Å². The number of carbonyl (C=O) groups is 1. The monoisotopic (exact) mass is 498 g/mol. The van der Waals surface area contributed by atoms with Gasteiger partial charge in [0.25, 0.3) is 5.92 Å². The molecule has 5 rings (SSSR count). The van der Waals surface area contributed by atoms with Gasteiger partial charge in [-0.05, 0) is 58.6 Å². The average molecular weight is 499 g/mol. The van der Waals surface area contributed by atoms with E-state index in [1.54, 1.807) is 12.1 Å². The summed E-state index contributed by atoms with van der Waals surface area (Å²) < 4.78 is 61.6. The van der Waals surface area contributed by atoms with Gasteiger partial charge in [-0.3, -0.25) is 4.79 Å². The van der Waals surface area contributed by atoms with E-state index >= 15 is 0 Å². The maximum atomic E-state index is 13.9. The fourth-order valence-electron chi connectivity index (χ4n) is 5.86. The first-order valence-corrected chi connectivity index (χ1v) is 13.4. The Morgan fingerprint density at radius 3 is 2.47 bits per heavy atom. The van der Waals surface area contributed by atoms with Gasteiger partial charge in [-0.25, -0.2) is 22.2 Å². The number of rotatable bonds is 5. The summed E-state index contributed by atoms with van der Waals surface area (Å²) in [6, 6.07) is 1.95. The molecule has 0 radical (unpaired) electrons. The van der Waals surface area contributed by atoms with Crippen LogP contribution >= 0.6 is 0 Å². The Labute approximate surface area is 199 Å². The molecule has 2 aliphatic carbocycles. The molecule has 0 bridgehead atoms. The van der Waals surface area contributed by atoms with Gasteiger partial charge in [-0.2, -0.15) is 4.31 Å². The minimum atomic E-state index is -4.02. The topological polar surface area (TPSA) is 91.8 Å². The minimum absolute atomic E-state index is 0.0591. The molecule has 8 nitrogen and oxygen atoms in total. The fraction of sp³-hybridized carbons (Fsp3) is 0.739. The van der Waals surface area contributed by atoms with E-state index in [1.807, 2.05) is 25.7 Å². The SMILES string of the molecule is Cc1ccc(S(=O)(=O)N2CCC[C@H]2C(=O)NC2CC3(C2)CC3(F)F)c(N2[C@@H](C)COC[C@@H]2C)n1. The van der Waals surface area contributed by atoms with Crippen molar-refractivity contribution >= 4 is 21.7 Å². The molecule has 2 saturated heterocycles. The van der Waals surface area contributed by atoms with Crippen molar-refractivity contribution in [1.82, 2.24) is 14.6 Å². The van der Waals surface area contributed by atoms with Gasteiger partial charge in [-0.1, -0.05) is 0 Å². The normalized spacial score (nSPS) is 35.3. The molecule has 2 aliphatic heterocycles. The van der Waals surface area contributed by atoms with Gasteiger partial charge in [0.2, 0.25) is 15.9 Å². The van der Waals surface area contributed by atoms with Crippen molar-refractivity contribution in [1.29, 1.82) is 0 Å². The highest BCUT2D eigenvalue weighted by Crippen LogP contribution is 2.70. The predicted molar refractivity (Wildman–Crippen MR) is 121 cm³/mol. The second kappa shape index (κ2) is 8.09. The number of nitrogens with zero attached hydrogens (tertiary/aromatic N) is 3. The molecule has 3 atom stereocenters. The second-order valence-electron chi connectivity index (χ2n) is 10.5. The molecule has 2 saturated carbocycles. The lowest BCUT2D eigenvalue weighted by Gasteiger charge is -2.41. The number of anilines is 1. The van der Waals surface area contributed by atoms with E-state index in [0.29, 0.717) is 37.6 Å². The molecular weight excluding hydrogens is 466 g/mol. The standard InChI is InChI=1S/C23H32F2N4O4S/c1-14-6-7-19(20(26-14)29-15(2)11-33-12-16(29)3)34(31,32)28-8-4-5-18(28)21(30)27-17-9-22(10-17)13-23(22,24)25/h6-7,15-18H,4-5,8-13H2,1-3H3,(H,27,30)/t15-,16-,17?,18-,22?/m0/s1. The van der Waals surface area contributed by atoms with E-state index in [4.69, 9.17) is 4.74 Å². The van der Waals surface area contributed by atoms with Crippen molar-refractivity contribution in [3.05, 3.63) is 17.8 Å². The lowest BCUT2D eigenvalue weighted by Crippen LogP contribution is -2.54. The molecule has 188 valence electrons. The third-order valence-electron chi connectivity index (χ3n) is 7.82. The van der Waals surface area contributed by atoms with Crippen LogP contribution in [0.1, 0.15) is 51.6 Å². The first-order chi connectivity index (χ1) is 15.9. The molecular formula is C23H32F2N4O4S. The van der Waals surface area contributed by atoms with Crippen LogP contribution in [0.4, 0.5) is 14.6 Å². The first-order valence-electron chi connectivity index (χ1n) is 12.0. The first kappa shape index (κ1) is 23.9. The smallest absolute Gasteiger partial charge is 0.254 e. The van der Waals surface area contributed by atoms with Crippen molar-refractivity contribution in [3.8, 4) is 0 Å². The van der Waals surface area contributed by atoms with E-state index in [-0.39, 0.29) is 48.8 Å². The van der Waals surface area contributed by atoms with Crippen LogP contribution in [0.5, 0.6) is 0 Å². The maximum absolute atomic E-state index is 13.9. The molecule has 3 heterocycles. The lowest BCUT2D eigenvalue weighted by molar-refractivity contribution is -0.126. The summed E-state index contributed by atoms with van der Waals surface area (Å²) in [6.45, 7) is 6.92. The van der Waals surface area contributed by atoms with Gasteiger partial charge >= 0.3 is 0 Å². The second-order valence-corrected chi connectivity index (χ2v) is 12.3. The number of hydrogen-bond acceptors (Lipinski definition) is 6. The number of nitrogens with one attached hydrogen (secondary N) is 1. The predicted octanol–water partition coefficient (Wildman–Crippen LogP) is 2.46. The Bertz CT molecular complexity index is 1080. The number of pyridine rings is 1. The number of aryl methyl sites for hydroxylation is 1. The van der Waals surface area contributed by atoms with Gasteiger partial charge < -0.3 is 15.0 Å². The van der Waals surface area contributed by atoms with Crippen LogP contribution in [0.15, 0.2) is 17.0 Å². The van der Waals surface area contributed by atoms with Gasteiger partial charge in [0.15, 0.2) is 0 Å². The van der Waals surface area contributed by atoms with Crippen LogP contribution in [0.2, 0.25) is 0 Å². The summed E-state index contributed by atoms with van der Waals surface area (Å²) >= 11 is 0. The highest BCUT2D eigenvalue weighted by Gasteiger charge is 2.75. The number of carbonyl (C=O) groups excluding carboxylic acids is 1. The van der Waals surface area contributed by atoms with Gasteiger partial charge in [-0.15, -0.1) is 0 Å². The molecule has 1 amide bonds. The Balaban J connectivity index is 1.37. The Kier molecular flexibility index (Phi) is 5.68. The molecule has 0 aromatic carbocycles. The van der Waals surface area contributed by atoms with E-state index < -0.39 is 33.3 Å². The number of amides is 1. The fourth-order valence-corrected chi connectivity index (χ4v) is 7.64. The summed E-state index contributed by atoms with van der Waals surface area (Å²) in [4.78, 5) is 19.7. The molecule has 11 heteroatoms. The van der Waals surface area contributed by atoms with Gasteiger partial charge in [0.05, 0.1) is 25.3 Å². The van der Waals surface area contributed by atoms with Crippen LogP contribution < -0.4 is 10.2 Å². The van der Waals surface area contributed by atoms with Crippen molar-refractivity contribution in [3.63, 3.8) is 0 Å². The number of aromatic nitrogens is 1. The van der Waals surface area contributed by atoms with Crippen LogP contribution in [-0.4, -0.2) is 73.5 Å². The number of ether oxygens (including phenoxy) is 1. The molecule has 34 heavy (non-hydrogen) atoms. The Hall–Kier alpha value is -1.85. The Morgan fingerprint density at radius 1 is 1.21 bits per heavy atom. The molecule has 1 aromatic rings. The number of hydrogen-bond donors (Lipinski definition) is 1. The summed E-state index contributed by atoms with van der Waals surface area (Å²) in [7, 11) is -4.02. The number of morpholine rings is 1. The summed E-state index contributed by atoms with van der Waals surface area (Å²) in [5.41, 5.74) is -0.244. The number of halogens is 2. The Morgan fingerprint density at radius 2 is 1.85 bits per heavy atom. The molecule has 1 aromatic heterocycles. The third kappa shape index (κ3) is 3.80. The average Bonchev–Trinajstić information content (AvgIpc) is 3.09. The van der Waals surface area contributed by atoms with Crippen LogP contribution in [-0.2, 0) is 19.6 Å².